The highest BCUT2D eigenvalue weighted by Crippen LogP contribution is 2.25. The number of amides is 1. The predicted octanol–water partition coefficient (Wildman–Crippen LogP) is 2.12. The topological polar surface area (TPSA) is 64.0 Å². The minimum atomic E-state index is -0.184. The average molecular weight is 304 g/mol. The van der Waals surface area contributed by atoms with Gasteiger partial charge in [0, 0.05) is 42.4 Å². The fourth-order valence-electron chi connectivity index (χ4n) is 2.36. The number of rotatable bonds is 4. The number of ketones is 1. The van der Waals surface area contributed by atoms with Crippen LogP contribution < -0.4 is 5.32 Å². The van der Waals surface area contributed by atoms with Gasteiger partial charge in [-0.2, -0.15) is 0 Å². The van der Waals surface area contributed by atoms with Gasteiger partial charge in [-0.25, -0.2) is 4.98 Å². The van der Waals surface area contributed by atoms with Crippen LogP contribution in [0.25, 0.3) is 5.69 Å². The van der Waals surface area contributed by atoms with Gasteiger partial charge in [0.1, 0.15) is 5.78 Å². The number of imidazole rings is 1. The first kappa shape index (κ1) is 13.8. The smallest absolute Gasteiger partial charge is 0.224 e. The van der Waals surface area contributed by atoms with Gasteiger partial charge in [0.15, 0.2) is 0 Å². The number of nitrogens with one attached hydrogen (secondary N) is 1. The molecule has 3 rings (SSSR count). The van der Waals surface area contributed by atoms with E-state index in [2.05, 4.69) is 10.3 Å². The van der Waals surface area contributed by atoms with Crippen LogP contribution in [0.4, 0.5) is 0 Å². The van der Waals surface area contributed by atoms with E-state index in [4.69, 9.17) is 11.6 Å². The summed E-state index contributed by atoms with van der Waals surface area (Å²) in [4.78, 5) is 26.9. The minimum Gasteiger partial charge on any atom is -0.352 e. The molecule has 2 aromatic rings. The average Bonchev–Trinajstić information content (AvgIpc) is 2.96. The van der Waals surface area contributed by atoms with E-state index < -0.39 is 0 Å². The molecule has 1 aliphatic rings. The Morgan fingerprint density at radius 2 is 2.24 bits per heavy atom. The van der Waals surface area contributed by atoms with Crippen molar-refractivity contribution in [2.45, 2.75) is 19.4 Å². The normalized spacial score (nSPS) is 14.8. The van der Waals surface area contributed by atoms with Crippen LogP contribution in [-0.2, 0) is 16.1 Å². The summed E-state index contributed by atoms with van der Waals surface area (Å²) in [5, 5.41) is 3.44. The predicted molar refractivity (Wildman–Crippen MR) is 78.2 cm³/mol. The van der Waals surface area contributed by atoms with Crippen LogP contribution in [-0.4, -0.2) is 21.2 Å². The van der Waals surface area contributed by atoms with Crippen molar-refractivity contribution in [1.29, 1.82) is 0 Å². The molecule has 0 saturated heterocycles. The van der Waals surface area contributed by atoms with Crippen molar-refractivity contribution in [3.05, 3.63) is 47.5 Å². The van der Waals surface area contributed by atoms with Gasteiger partial charge >= 0.3 is 0 Å². The molecule has 0 aliphatic heterocycles. The number of carbonyl (C=O) groups excluding carboxylic acids is 2. The molecular formula is C15H14ClN3O2. The minimum absolute atomic E-state index is 0.0916. The lowest BCUT2D eigenvalue weighted by Crippen LogP contribution is -2.38. The van der Waals surface area contributed by atoms with Crippen molar-refractivity contribution >= 4 is 23.3 Å². The third-order valence-electron chi connectivity index (χ3n) is 3.64. The molecule has 1 fully saturated rings. The molecule has 0 radical (unpaired) electrons. The summed E-state index contributed by atoms with van der Waals surface area (Å²) in [6, 6.07) is 5.56. The Balaban J connectivity index is 1.76. The Morgan fingerprint density at radius 3 is 2.90 bits per heavy atom. The molecule has 21 heavy (non-hydrogen) atoms. The lowest BCUT2D eigenvalue weighted by molar-refractivity contribution is -0.138. The number of hydrogen-bond donors (Lipinski definition) is 1. The molecule has 0 spiro atoms. The highest BCUT2D eigenvalue weighted by Gasteiger charge is 2.32. The second-order valence-corrected chi connectivity index (χ2v) is 5.48. The number of benzene rings is 1. The zero-order valence-corrected chi connectivity index (χ0v) is 12.0. The van der Waals surface area contributed by atoms with Crippen molar-refractivity contribution in [3.8, 4) is 5.69 Å². The lowest BCUT2D eigenvalue weighted by Gasteiger charge is -2.23. The molecular weight excluding hydrogens is 290 g/mol. The quantitative estimate of drug-likeness (QED) is 0.941. The van der Waals surface area contributed by atoms with Crippen LogP contribution >= 0.6 is 11.6 Å². The van der Waals surface area contributed by atoms with Crippen LogP contribution in [0.15, 0.2) is 36.9 Å². The number of aromatic nitrogens is 2. The third kappa shape index (κ3) is 2.83. The van der Waals surface area contributed by atoms with Crippen molar-refractivity contribution in [3.63, 3.8) is 0 Å². The molecule has 1 amide bonds. The summed E-state index contributed by atoms with van der Waals surface area (Å²) in [5.74, 6) is -0.130. The fourth-order valence-corrected chi connectivity index (χ4v) is 2.60. The van der Waals surface area contributed by atoms with Crippen molar-refractivity contribution < 1.29 is 9.59 Å². The maximum absolute atomic E-state index is 11.9. The van der Waals surface area contributed by atoms with E-state index in [1.54, 1.807) is 18.6 Å². The van der Waals surface area contributed by atoms with E-state index in [1.165, 1.54) is 0 Å². The van der Waals surface area contributed by atoms with Gasteiger partial charge in [0.05, 0.1) is 17.9 Å². The van der Waals surface area contributed by atoms with Crippen molar-refractivity contribution in [2.75, 3.05) is 0 Å². The van der Waals surface area contributed by atoms with Crippen LogP contribution in [0.1, 0.15) is 18.4 Å². The summed E-state index contributed by atoms with van der Waals surface area (Å²) >= 11 is 6.24. The standard InChI is InChI=1S/C15H14ClN3O2/c16-13-2-1-3-14(19-5-4-17-9-19)12(13)8-18-15(21)10-6-11(20)7-10/h1-5,9-10H,6-8H2,(H,18,21). The highest BCUT2D eigenvalue weighted by atomic mass is 35.5. The van der Waals surface area contributed by atoms with Gasteiger partial charge < -0.3 is 9.88 Å². The SMILES string of the molecule is O=C1CC(C(=O)NCc2c(Cl)cccc2-n2ccnc2)C1. The van der Waals surface area contributed by atoms with Crippen LogP contribution in [0.3, 0.4) is 0 Å². The Morgan fingerprint density at radius 1 is 1.43 bits per heavy atom. The molecule has 1 aromatic carbocycles. The van der Waals surface area contributed by atoms with E-state index in [9.17, 15) is 9.59 Å². The number of carbonyl (C=O) groups is 2. The van der Waals surface area contributed by atoms with E-state index in [0.29, 0.717) is 24.4 Å². The second kappa shape index (κ2) is 5.69. The van der Waals surface area contributed by atoms with Gasteiger partial charge in [-0.15, -0.1) is 0 Å². The summed E-state index contributed by atoms with van der Waals surface area (Å²) in [6.07, 6.45) is 5.89. The Hall–Kier alpha value is -2.14. The number of halogens is 1. The summed E-state index contributed by atoms with van der Waals surface area (Å²) in [7, 11) is 0. The summed E-state index contributed by atoms with van der Waals surface area (Å²) in [6.45, 7) is 0.330. The molecule has 0 bridgehead atoms. The van der Waals surface area contributed by atoms with E-state index in [1.807, 2.05) is 22.9 Å². The molecule has 0 unspecified atom stereocenters. The Bertz CT molecular complexity index is 674. The molecule has 108 valence electrons. The maximum Gasteiger partial charge on any atom is 0.224 e. The monoisotopic (exact) mass is 303 g/mol. The van der Waals surface area contributed by atoms with Gasteiger partial charge in [-0.3, -0.25) is 9.59 Å². The molecule has 1 aromatic heterocycles. The third-order valence-corrected chi connectivity index (χ3v) is 3.99. The van der Waals surface area contributed by atoms with Crippen LogP contribution in [0.5, 0.6) is 0 Å². The Labute approximate surface area is 126 Å². The first-order valence-corrected chi connectivity index (χ1v) is 7.08. The van der Waals surface area contributed by atoms with Gasteiger partial charge in [-0.1, -0.05) is 17.7 Å². The van der Waals surface area contributed by atoms with E-state index in [0.717, 1.165) is 11.3 Å². The lowest BCUT2D eigenvalue weighted by atomic mass is 9.83. The zero-order valence-electron chi connectivity index (χ0n) is 11.3. The molecule has 5 nitrogen and oxygen atoms in total. The number of nitrogens with zero attached hydrogens (tertiary/aromatic N) is 2. The molecule has 1 aliphatic carbocycles. The van der Waals surface area contributed by atoms with Crippen LogP contribution in [0, 0.1) is 5.92 Å². The molecule has 1 heterocycles. The zero-order chi connectivity index (χ0) is 14.8. The Kier molecular flexibility index (Phi) is 3.75. The second-order valence-electron chi connectivity index (χ2n) is 5.07. The number of hydrogen-bond acceptors (Lipinski definition) is 3. The summed E-state index contributed by atoms with van der Waals surface area (Å²) in [5.41, 5.74) is 1.71. The van der Waals surface area contributed by atoms with Gasteiger partial charge in [-0.05, 0) is 12.1 Å². The van der Waals surface area contributed by atoms with Crippen molar-refractivity contribution in [1.82, 2.24) is 14.9 Å². The number of Topliss-reactive ketones (excluding diaryl/α,β-unsaturated/α-hetero) is 1. The largest absolute Gasteiger partial charge is 0.352 e. The summed E-state index contributed by atoms with van der Waals surface area (Å²) < 4.78 is 1.85. The molecule has 6 heteroatoms. The molecule has 0 atom stereocenters. The maximum atomic E-state index is 11.9. The highest BCUT2D eigenvalue weighted by molar-refractivity contribution is 6.31. The van der Waals surface area contributed by atoms with Crippen LogP contribution in [0.2, 0.25) is 5.02 Å². The molecule has 1 saturated carbocycles. The first-order chi connectivity index (χ1) is 10.1. The molecule has 1 N–H and O–H groups in total. The first-order valence-electron chi connectivity index (χ1n) is 6.70. The van der Waals surface area contributed by atoms with Crippen molar-refractivity contribution in [2.24, 2.45) is 5.92 Å². The van der Waals surface area contributed by atoms with E-state index >= 15 is 0 Å². The van der Waals surface area contributed by atoms with E-state index in [-0.39, 0.29) is 17.6 Å². The van der Waals surface area contributed by atoms with Gasteiger partial charge in [0.25, 0.3) is 0 Å². The van der Waals surface area contributed by atoms with Gasteiger partial charge in [0.2, 0.25) is 5.91 Å². The fraction of sp³-hybridized carbons (Fsp3) is 0.267.